The second kappa shape index (κ2) is 5.14. The van der Waals surface area contributed by atoms with Crippen LogP contribution in [0, 0.1) is 5.41 Å². The molecule has 0 unspecified atom stereocenters. The van der Waals surface area contributed by atoms with Gasteiger partial charge in [0.2, 0.25) is 0 Å². The molecule has 0 saturated heterocycles. The Kier molecular flexibility index (Phi) is 4.12. The lowest BCUT2D eigenvalue weighted by Crippen LogP contribution is -2.40. The highest BCUT2D eigenvalue weighted by Crippen LogP contribution is 2.37. The molecule has 0 aliphatic heterocycles. The number of esters is 2. The van der Waals surface area contributed by atoms with Gasteiger partial charge in [-0.3, -0.25) is 9.59 Å². The van der Waals surface area contributed by atoms with E-state index < -0.39 is 17.4 Å². The molecule has 4 nitrogen and oxygen atoms in total. The summed E-state index contributed by atoms with van der Waals surface area (Å²) in [5, 5.41) is 0. The Balaban J connectivity index is 2.92. The minimum Gasteiger partial charge on any atom is -0.468 e. The zero-order valence-electron chi connectivity index (χ0n) is 9.38. The van der Waals surface area contributed by atoms with Crippen LogP contribution in [0.2, 0.25) is 0 Å². The van der Waals surface area contributed by atoms with Crippen LogP contribution in [0.3, 0.4) is 0 Å². The van der Waals surface area contributed by atoms with Crippen molar-refractivity contribution >= 4 is 11.9 Å². The molecule has 1 fully saturated rings. The molecule has 0 aromatic carbocycles. The number of carbonyl (C=O) groups excluding carboxylic acids is 2. The van der Waals surface area contributed by atoms with Crippen LogP contribution in [0.15, 0.2) is 0 Å². The molecule has 0 N–H and O–H groups in total. The summed E-state index contributed by atoms with van der Waals surface area (Å²) in [6, 6.07) is 0. The summed E-state index contributed by atoms with van der Waals surface area (Å²) >= 11 is 0. The van der Waals surface area contributed by atoms with E-state index in [1.54, 1.807) is 0 Å². The largest absolute Gasteiger partial charge is 0.468 e. The van der Waals surface area contributed by atoms with E-state index in [9.17, 15) is 9.59 Å². The summed E-state index contributed by atoms with van der Waals surface area (Å²) < 4.78 is 9.46. The molecule has 0 amide bonds. The van der Waals surface area contributed by atoms with Gasteiger partial charge in [-0.05, 0) is 12.8 Å². The van der Waals surface area contributed by atoms with Crippen molar-refractivity contribution < 1.29 is 19.1 Å². The van der Waals surface area contributed by atoms with E-state index in [4.69, 9.17) is 9.47 Å². The molecule has 0 spiro atoms. The predicted octanol–water partition coefficient (Wildman–Crippen LogP) is 1.67. The Bertz CT molecular complexity index is 221. The number of hydrogen-bond acceptors (Lipinski definition) is 4. The first-order chi connectivity index (χ1) is 7.17. The Morgan fingerprint density at radius 2 is 1.27 bits per heavy atom. The minimum absolute atomic E-state index is 0.448. The molecule has 0 atom stereocenters. The fraction of sp³-hybridized carbons (Fsp3) is 0.818. The van der Waals surface area contributed by atoms with Crippen molar-refractivity contribution in [1.29, 1.82) is 0 Å². The van der Waals surface area contributed by atoms with Gasteiger partial charge < -0.3 is 9.47 Å². The maximum Gasteiger partial charge on any atom is 0.323 e. The summed E-state index contributed by atoms with van der Waals surface area (Å²) in [7, 11) is 2.63. The zero-order chi connectivity index (χ0) is 11.3. The van der Waals surface area contributed by atoms with Crippen molar-refractivity contribution in [2.24, 2.45) is 5.41 Å². The molecule has 1 saturated carbocycles. The summed E-state index contributed by atoms with van der Waals surface area (Å²) in [5.74, 6) is -0.896. The van der Waals surface area contributed by atoms with Gasteiger partial charge in [0.1, 0.15) is 0 Å². The van der Waals surface area contributed by atoms with Gasteiger partial charge in [-0.25, -0.2) is 0 Å². The van der Waals surface area contributed by atoms with Crippen LogP contribution in [-0.4, -0.2) is 26.2 Å². The number of hydrogen-bond donors (Lipinski definition) is 0. The molecule has 0 bridgehead atoms. The molecule has 1 aliphatic carbocycles. The topological polar surface area (TPSA) is 52.6 Å². The van der Waals surface area contributed by atoms with Crippen LogP contribution < -0.4 is 0 Å². The van der Waals surface area contributed by atoms with E-state index >= 15 is 0 Å². The Morgan fingerprint density at radius 3 is 1.60 bits per heavy atom. The third-order valence-corrected chi connectivity index (χ3v) is 3.11. The maximum atomic E-state index is 11.7. The van der Waals surface area contributed by atoms with E-state index in [2.05, 4.69) is 0 Å². The van der Waals surface area contributed by atoms with Crippen molar-refractivity contribution in [3.05, 3.63) is 0 Å². The second-order valence-electron chi connectivity index (χ2n) is 3.98. The lowest BCUT2D eigenvalue weighted by molar-refractivity contribution is -0.170. The summed E-state index contributed by atoms with van der Waals surface area (Å²) in [6.07, 6.45) is 4.98. The van der Waals surface area contributed by atoms with Gasteiger partial charge >= 0.3 is 11.9 Å². The first kappa shape index (κ1) is 12.0. The maximum absolute atomic E-state index is 11.7. The molecule has 4 heteroatoms. The first-order valence-corrected chi connectivity index (χ1v) is 5.34. The number of ether oxygens (including phenoxy) is 2. The van der Waals surface area contributed by atoms with Crippen LogP contribution >= 0.6 is 0 Å². The van der Waals surface area contributed by atoms with Crippen molar-refractivity contribution in [1.82, 2.24) is 0 Å². The van der Waals surface area contributed by atoms with E-state index in [0.717, 1.165) is 25.7 Å². The zero-order valence-corrected chi connectivity index (χ0v) is 9.38. The third-order valence-electron chi connectivity index (χ3n) is 3.11. The highest BCUT2D eigenvalue weighted by Gasteiger charge is 2.47. The quantitative estimate of drug-likeness (QED) is 0.398. The fourth-order valence-electron chi connectivity index (χ4n) is 2.21. The molecule has 0 aromatic heterocycles. The number of carbonyl (C=O) groups is 2. The molecule has 0 radical (unpaired) electrons. The molecular weight excluding hydrogens is 196 g/mol. The van der Waals surface area contributed by atoms with E-state index in [1.807, 2.05) is 0 Å². The lowest BCUT2D eigenvalue weighted by Gasteiger charge is -2.26. The predicted molar refractivity (Wildman–Crippen MR) is 54.2 cm³/mol. The average molecular weight is 214 g/mol. The lowest BCUT2D eigenvalue weighted by atomic mass is 9.80. The third kappa shape index (κ3) is 2.30. The van der Waals surface area contributed by atoms with Gasteiger partial charge in [-0.2, -0.15) is 0 Å². The number of rotatable bonds is 2. The molecule has 15 heavy (non-hydrogen) atoms. The van der Waals surface area contributed by atoms with Gasteiger partial charge in [-0.15, -0.1) is 0 Å². The van der Waals surface area contributed by atoms with Crippen LogP contribution in [-0.2, 0) is 19.1 Å². The molecule has 1 aliphatic rings. The molecule has 1 rings (SSSR count). The summed E-state index contributed by atoms with van der Waals surface area (Å²) in [6.45, 7) is 0. The van der Waals surface area contributed by atoms with Crippen LogP contribution in [0.5, 0.6) is 0 Å². The fourth-order valence-corrected chi connectivity index (χ4v) is 2.21. The second-order valence-corrected chi connectivity index (χ2v) is 3.98. The van der Waals surface area contributed by atoms with Gasteiger partial charge in [0.15, 0.2) is 5.41 Å². The Hall–Kier alpha value is -1.06. The van der Waals surface area contributed by atoms with E-state index in [1.165, 1.54) is 14.2 Å². The van der Waals surface area contributed by atoms with Gasteiger partial charge in [0, 0.05) is 0 Å². The number of methoxy groups -OCH3 is 2. The highest BCUT2D eigenvalue weighted by atomic mass is 16.5. The van der Waals surface area contributed by atoms with Crippen molar-refractivity contribution in [3.8, 4) is 0 Å². The van der Waals surface area contributed by atoms with E-state index in [0.29, 0.717) is 12.8 Å². The van der Waals surface area contributed by atoms with Gasteiger partial charge in [0.25, 0.3) is 0 Å². The molecule has 86 valence electrons. The first-order valence-electron chi connectivity index (χ1n) is 5.34. The van der Waals surface area contributed by atoms with Crippen LogP contribution in [0.1, 0.15) is 38.5 Å². The standard InChI is InChI=1S/C11H18O4/c1-14-9(12)11(10(13)15-2)7-5-3-4-6-8-11/h3-8H2,1-2H3. The normalized spacial score (nSPS) is 20.1. The molecule has 0 heterocycles. The van der Waals surface area contributed by atoms with Crippen LogP contribution in [0.4, 0.5) is 0 Å². The van der Waals surface area contributed by atoms with Crippen LogP contribution in [0.25, 0.3) is 0 Å². The molecular formula is C11H18O4. The Labute approximate surface area is 89.9 Å². The van der Waals surface area contributed by atoms with Crippen molar-refractivity contribution in [2.45, 2.75) is 38.5 Å². The minimum atomic E-state index is -1.04. The Morgan fingerprint density at radius 1 is 0.867 bits per heavy atom. The SMILES string of the molecule is COC(=O)C1(C(=O)OC)CCCCCC1. The average Bonchev–Trinajstić information content (AvgIpc) is 2.53. The van der Waals surface area contributed by atoms with Gasteiger partial charge in [0.05, 0.1) is 14.2 Å². The summed E-state index contributed by atoms with van der Waals surface area (Å²) in [4.78, 5) is 23.4. The highest BCUT2D eigenvalue weighted by molar-refractivity contribution is 5.99. The smallest absolute Gasteiger partial charge is 0.323 e. The van der Waals surface area contributed by atoms with Crippen molar-refractivity contribution in [2.75, 3.05) is 14.2 Å². The molecule has 0 aromatic rings. The van der Waals surface area contributed by atoms with E-state index in [-0.39, 0.29) is 0 Å². The van der Waals surface area contributed by atoms with Gasteiger partial charge in [-0.1, -0.05) is 25.7 Å². The van der Waals surface area contributed by atoms with Crippen molar-refractivity contribution in [3.63, 3.8) is 0 Å². The monoisotopic (exact) mass is 214 g/mol. The summed E-state index contributed by atoms with van der Waals surface area (Å²) in [5.41, 5.74) is -1.04.